The molecular formula is C12H22N2O3. The number of urea groups is 1. The van der Waals surface area contributed by atoms with Crippen molar-refractivity contribution in [3.63, 3.8) is 0 Å². The number of nitrogens with zero attached hydrogens (tertiary/aromatic N) is 2. The van der Waals surface area contributed by atoms with E-state index >= 15 is 0 Å². The topological polar surface area (TPSA) is 60.9 Å². The molecule has 0 aromatic rings. The highest BCUT2D eigenvalue weighted by Crippen LogP contribution is 2.02. The molecule has 0 aliphatic rings. The van der Waals surface area contributed by atoms with Gasteiger partial charge in [0.1, 0.15) is 0 Å². The zero-order valence-corrected chi connectivity index (χ0v) is 10.7. The number of rotatable bonds is 8. The molecule has 0 fully saturated rings. The first-order chi connectivity index (χ1) is 8.06. The van der Waals surface area contributed by atoms with Crippen LogP contribution in [-0.2, 0) is 4.79 Å². The quantitative estimate of drug-likeness (QED) is 0.660. The number of hydrogen-bond acceptors (Lipinski definition) is 2. The highest BCUT2D eigenvalue weighted by atomic mass is 16.4. The van der Waals surface area contributed by atoms with Crippen molar-refractivity contribution in [2.24, 2.45) is 0 Å². The number of amides is 2. The van der Waals surface area contributed by atoms with E-state index in [1.807, 2.05) is 13.8 Å². The second-order valence-corrected chi connectivity index (χ2v) is 3.74. The molecule has 0 heterocycles. The van der Waals surface area contributed by atoms with Crippen molar-refractivity contribution in [3.05, 3.63) is 12.7 Å². The van der Waals surface area contributed by atoms with Gasteiger partial charge in [-0.05, 0) is 13.3 Å². The first kappa shape index (κ1) is 15.5. The minimum atomic E-state index is -0.887. The van der Waals surface area contributed by atoms with Crippen molar-refractivity contribution in [1.82, 2.24) is 9.80 Å². The Hall–Kier alpha value is -1.52. The summed E-state index contributed by atoms with van der Waals surface area (Å²) < 4.78 is 0. The maximum atomic E-state index is 12.1. The summed E-state index contributed by atoms with van der Waals surface area (Å²) in [4.78, 5) is 25.8. The predicted molar refractivity (Wildman–Crippen MR) is 67.0 cm³/mol. The van der Waals surface area contributed by atoms with Crippen LogP contribution in [0.15, 0.2) is 12.7 Å². The lowest BCUT2D eigenvalue weighted by Gasteiger charge is -2.28. The van der Waals surface area contributed by atoms with Crippen LogP contribution in [-0.4, -0.2) is 53.1 Å². The Morgan fingerprint density at radius 2 is 1.88 bits per heavy atom. The smallest absolute Gasteiger partial charge is 0.320 e. The average molecular weight is 242 g/mol. The molecule has 0 saturated carbocycles. The fraction of sp³-hybridized carbons (Fsp3) is 0.667. The van der Waals surface area contributed by atoms with Crippen LogP contribution < -0.4 is 0 Å². The summed E-state index contributed by atoms with van der Waals surface area (Å²) in [6.45, 7) is 9.39. The normalized spacial score (nSPS) is 9.76. The number of carbonyl (C=O) groups excluding carboxylic acids is 1. The molecule has 0 aromatic carbocycles. The monoisotopic (exact) mass is 242 g/mol. The van der Waals surface area contributed by atoms with Gasteiger partial charge in [0, 0.05) is 26.2 Å². The Bertz CT molecular complexity index is 266. The Labute approximate surface area is 103 Å². The van der Waals surface area contributed by atoms with Crippen LogP contribution in [0.3, 0.4) is 0 Å². The van der Waals surface area contributed by atoms with Gasteiger partial charge < -0.3 is 14.9 Å². The lowest BCUT2D eigenvalue weighted by molar-refractivity contribution is -0.137. The van der Waals surface area contributed by atoms with Crippen molar-refractivity contribution in [2.45, 2.75) is 26.7 Å². The van der Waals surface area contributed by atoms with Gasteiger partial charge in [-0.15, -0.1) is 6.58 Å². The number of carboxylic acids is 1. The van der Waals surface area contributed by atoms with Crippen molar-refractivity contribution in [2.75, 3.05) is 26.2 Å². The standard InChI is InChI=1S/C12H22N2O3/c1-4-8-14(9-5-2)12(17)13(6-3)10-7-11(15)16/h4H,1,5-10H2,2-3H3,(H,15,16). The molecule has 17 heavy (non-hydrogen) atoms. The molecule has 0 bridgehead atoms. The second kappa shape index (κ2) is 8.61. The van der Waals surface area contributed by atoms with Crippen LogP contribution in [0.4, 0.5) is 4.79 Å². The molecule has 0 saturated heterocycles. The molecule has 0 spiro atoms. The van der Waals surface area contributed by atoms with Crippen LogP contribution in [0.25, 0.3) is 0 Å². The molecule has 0 atom stereocenters. The van der Waals surface area contributed by atoms with E-state index in [-0.39, 0.29) is 19.0 Å². The zero-order valence-electron chi connectivity index (χ0n) is 10.7. The fourth-order valence-corrected chi connectivity index (χ4v) is 1.51. The van der Waals surface area contributed by atoms with Crippen LogP contribution in [0.5, 0.6) is 0 Å². The minimum absolute atomic E-state index is 0.0202. The van der Waals surface area contributed by atoms with Crippen LogP contribution in [0, 0.1) is 0 Å². The summed E-state index contributed by atoms with van der Waals surface area (Å²) >= 11 is 0. The molecule has 0 radical (unpaired) electrons. The summed E-state index contributed by atoms with van der Waals surface area (Å²) in [6.07, 6.45) is 2.53. The van der Waals surface area contributed by atoms with Gasteiger partial charge >= 0.3 is 12.0 Å². The Balaban J connectivity index is 4.45. The van der Waals surface area contributed by atoms with Crippen molar-refractivity contribution in [1.29, 1.82) is 0 Å². The number of aliphatic carboxylic acids is 1. The third-order valence-corrected chi connectivity index (χ3v) is 2.36. The van der Waals surface area contributed by atoms with Gasteiger partial charge in [-0.2, -0.15) is 0 Å². The molecule has 0 aliphatic carbocycles. The van der Waals surface area contributed by atoms with E-state index in [0.29, 0.717) is 19.6 Å². The van der Waals surface area contributed by atoms with Gasteiger partial charge in [-0.25, -0.2) is 4.79 Å². The third kappa shape index (κ3) is 5.94. The predicted octanol–water partition coefficient (Wildman–Crippen LogP) is 1.80. The summed E-state index contributed by atoms with van der Waals surface area (Å²) in [5.74, 6) is -0.887. The second-order valence-electron chi connectivity index (χ2n) is 3.74. The first-order valence-corrected chi connectivity index (χ1v) is 5.93. The maximum Gasteiger partial charge on any atom is 0.320 e. The largest absolute Gasteiger partial charge is 0.481 e. The van der Waals surface area contributed by atoms with Gasteiger partial charge in [-0.1, -0.05) is 13.0 Å². The van der Waals surface area contributed by atoms with Crippen LogP contribution in [0.1, 0.15) is 26.7 Å². The molecule has 0 aliphatic heterocycles. The molecule has 1 N–H and O–H groups in total. The van der Waals surface area contributed by atoms with Crippen molar-refractivity contribution < 1.29 is 14.7 Å². The van der Waals surface area contributed by atoms with Crippen LogP contribution in [0.2, 0.25) is 0 Å². The van der Waals surface area contributed by atoms with Crippen molar-refractivity contribution in [3.8, 4) is 0 Å². The van der Waals surface area contributed by atoms with E-state index in [2.05, 4.69) is 6.58 Å². The van der Waals surface area contributed by atoms with E-state index in [0.717, 1.165) is 6.42 Å². The van der Waals surface area contributed by atoms with Gasteiger partial charge in [0.2, 0.25) is 0 Å². The Morgan fingerprint density at radius 3 is 2.29 bits per heavy atom. The van der Waals surface area contributed by atoms with E-state index in [1.54, 1.807) is 15.9 Å². The van der Waals surface area contributed by atoms with Gasteiger partial charge in [0.05, 0.1) is 6.42 Å². The summed E-state index contributed by atoms with van der Waals surface area (Å²) in [7, 11) is 0. The lowest BCUT2D eigenvalue weighted by atomic mass is 10.3. The Morgan fingerprint density at radius 1 is 1.24 bits per heavy atom. The molecule has 2 amide bonds. The number of carbonyl (C=O) groups is 2. The van der Waals surface area contributed by atoms with Gasteiger partial charge in [0.25, 0.3) is 0 Å². The summed E-state index contributed by atoms with van der Waals surface area (Å²) in [5.41, 5.74) is 0. The molecule has 0 rings (SSSR count). The highest BCUT2D eigenvalue weighted by Gasteiger charge is 2.18. The molecule has 5 heteroatoms. The molecule has 5 nitrogen and oxygen atoms in total. The average Bonchev–Trinajstić information content (AvgIpc) is 2.29. The summed E-state index contributed by atoms with van der Waals surface area (Å²) in [5, 5.41) is 8.62. The molecular weight excluding hydrogens is 220 g/mol. The van der Waals surface area contributed by atoms with Crippen molar-refractivity contribution >= 4 is 12.0 Å². The number of carboxylic acid groups (broad SMARTS) is 1. The van der Waals surface area contributed by atoms with E-state index in [1.165, 1.54) is 0 Å². The molecule has 0 aromatic heterocycles. The van der Waals surface area contributed by atoms with E-state index in [4.69, 9.17) is 5.11 Å². The molecule has 98 valence electrons. The zero-order chi connectivity index (χ0) is 13.3. The Kier molecular flexibility index (Phi) is 7.84. The summed E-state index contributed by atoms with van der Waals surface area (Å²) in [6, 6.07) is -0.115. The van der Waals surface area contributed by atoms with Gasteiger partial charge in [0.15, 0.2) is 0 Å². The lowest BCUT2D eigenvalue weighted by Crippen LogP contribution is -2.44. The maximum absolute atomic E-state index is 12.1. The van der Waals surface area contributed by atoms with E-state index < -0.39 is 5.97 Å². The van der Waals surface area contributed by atoms with E-state index in [9.17, 15) is 9.59 Å². The van der Waals surface area contributed by atoms with Crippen LogP contribution >= 0.6 is 0 Å². The SMILES string of the molecule is C=CCN(CCC)C(=O)N(CC)CCC(=O)O. The first-order valence-electron chi connectivity index (χ1n) is 5.93. The fourth-order valence-electron chi connectivity index (χ4n) is 1.51. The third-order valence-electron chi connectivity index (χ3n) is 2.36. The minimum Gasteiger partial charge on any atom is -0.481 e. The molecule has 0 unspecified atom stereocenters. The number of hydrogen-bond donors (Lipinski definition) is 1. The highest BCUT2D eigenvalue weighted by molar-refractivity contribution is 5.75. The van der Waals surface area contributed by atoms with Gasteiger partial charge in [-0.3, -0.25) is 4.79 Å².